The highest BCUT2D eigenvalue weighted by molar-refractivity contribution is 14.1. The van der Waals surface area contributed by atoms with E-state index in [9.17, 15) is 9.18 Å². The summed E-state index contributed by atoms with van der Waals surface area (Å²) in [7, 11) is 0. The van der Waals surface area contributed by atoms with Crippen LogP contribution in [0.4, 0.5) is 4.39 Å². The zero-order chi connectivity index (χ0) is 11.6. The Morgan fingerprint density at radius 2 is 1.73 bits per heavy atom. The number of ether oxygens (including phenoxy) is 1. The highest BCUT2D eigenvalue weighted by atomic mass is 127. The van der Waals surface area contributed by atoms with Crippen LogP contribution in [-0.2, 0) is 4.79 Å². The first-order chi connectivity index (χ1) is 6.91. The van der Waals surface area contributed by atoms with Gasteiger partial charge in [-0.25, -0.2) is 4.79 Å². The van der Waals surface area contributed by atoms with Gasteiger partial charge >= 0.3 is 5.97 Å². The van der Waals surface area contributed by atoms with Gasteiger partial charge < -0.3 is 4.74 Å². The van der Waals surface area contributed by atoms with Crippen molar-refractivity contribution in [2.45, 2.75) is 0 Å². The molecule has 0 unspecified atom stereocenters. The molecule has 0 aliphatic rings. The van der Waals surface area contributed by atoms with Gasteiger partial charge in [0.1, 0.15) is 0 Å². The van der Waals surface area contributed by atoms with Crippen molar-refractivity contribution in [2.24, 2.45) is 0 Å². The lowest BCUT2D eigenvalue weighted by Crippen LogP contribution is -2.09. The van der Waals surface area contributed by atoms with Crippen LogP contribution in [0.1, 0.15) is 0 Å². The van der Waals surface area contributed by atoms with Gasteiger partial charge in [0.25, 0.3) is 0 Å². The van der Waals surface area contributed by atoms with Crippen LogP contribution < -0.4 is 4.74 Å². The maximum atomic E-state index is 12.4. The van der Waals surface area contributed by atoms with Gasteiger partial charge in [-0.1, -0.05) is 6.58 Å². The summed E-state index contributed by atoms with van der Waals surface area (Å²) >= 11 is 6.21. The van der Waals surface area contributed by atoms with Gasteiger partial charge in [0.15, 0.2) is 5.75 Å². The summed E-state index contributed by atoms with van der Waals surface area (Å²) in [4.78, 5) is 11.0. The lowest BCUT2D eigenvalue weighted by atomic mass is 10.3. The first kappa shape index (κ1) is 13.6. The first-order valence-electron chi connectivity index (χ1n) is 3.63. The Bertz CT molecular complexity index is 408. The van der Waals surface area contributed by atoms with E-state index in [0.29, 0.717) is 5.75 Å². The molecule has 0 radical (unpaired) electrons. The number of halogens is 4. The monoisotopic (exact) mass is 544 g/mol. The molecule has 1 aromatic carbocycles. The van der Waals surface area contributed by atoms with E-state index >= 15 is 0 Å². The molecule has 0 spiro atoms. The normalized spacial score (nSPS) is 9.87. The molecule has 0 saturated carbocycles. The van der Waals surface area contributed by atoms with E-state index in [1.807, 2.05) is 57.3 Å². The molecule has 0 aliphatic heterocycles. The molecule has 0 aromatic heterocycles. The second kappa shape index (κ2) is 5.75. The molecule has 0 fully saturated rings. The largest absolute Gasteiger partial charge is 0.419 e. The van der Waals surface area contributed by atoms with Crippen molar-refractivity contribution in [1.82, 2.24) is 0 Å². The maximum absolute atomic E-state index is 12.4. The standard InChI is InChI=1S/C9H4FI3O2/c1-4(10)9(14)15-8-6(12)2-5(11)3-7(8)13/h2-3H,1H2. The highest BCUT2D eigenvalue weighted by Crippen LogP contribution is 2.30. The van der Waals surface area contributed by atoms with Crippen molar-refractivity contribution in [1.29, 1.82) is 0 Å². The van der Waals surface area contributed by atoms with Crippen LogP contribution in [0, 0.1) is 10.7 Å². The zero-order valence-electron chi connectivity index (χ0n) is 7.19. The molecule has 0 N–H and O–H groups in total. The molecule has 0 bridgehead atoms. The molecular formula is C9H4FI3O2. The highest BCUT2D eigenvalue weighted by Gasteiger charge is 2.14. The van der Waals surface area contributed by atoms with Crippen LogP contribution >= 0.6 is 67.8 Å². The van der Waals surface area contributed by atoms with E-state index in [2.05, 4.69) is 29.2 Å². The minimum atomic E-state index is -1.10. The summed E-state index contributed by atoms with van der Waals surface area (Å²) in [5.41, 5.74) is 0. The summed E-state index contributed by atoms with van der Waals surface area (Å²) in [5, 5.41) is 0. The van der Waals surface area contributed by atoms with Crippen molar-refractivity contribution in [2.75, 3.05) is 0 Å². The first-order valence-corrected chi connectivity index (χ1v) is 6.86. The summed E-state index contributed by atoms with van der Waals surface area (Å²) in [6.07, 6.45) is 0. The quantitative estimate of drug-likeness (QED) is 0.245. The van der Waals surface area contributed by atoms with Gasteiger partial charge in [-0.05, 0) is 79.9 Å². The van der Waals surface area contributed by atoms with E-state index in [-0.39, 0.29) is 0 Å². The lowest BCUT2D eigenvalue weighted by Gasteiger charge is -2.07. The lowest BCUT2D eigenvalue weighted by molar-refractivity contribution is -0.131. The second-order valence-electron chi connectivity index (χ2n) is 2.49. The molecule has 0 heterocycles. The SMILES string of the molecule is C=C(F)C(=O)Oc1c(I)cc(I)cc1I. The molecule has 0 atom stereocenters. The number of rotatable bonds is 2. The molecule has 0 aliphatic carbocycles. The van der Waals surface area contributed by atoms with Crippen LogP contribution in [0.5, 0.6) is 5.75 Å². The van der Waals surface area contributed by atoms with E-state index in [4.69, 9.17) is 4.74 Å². The van der Waals surface area contributed by atoms with Crippen LogP contribution in [0.15, 0.2) is 24.5 Å². The molecule has 2 nitrogen and oxygen atoms in total. The fourth-order valence-corrected chi connectivity index (χ4v) is 4.58. The Balaban J connectivity index is 3.05. The summed E-state index contributed by atoms with van der Waals surface area (Å²) in [6, 6.07) is 3.68. The molecular weight excluding hydrogens is 540 g/mol. The minimum Gasteiger partial charge on any atom is -0.419 e. The molecule has 0 saturated heterocycles. The predicted octanol–water partition coefficient (Wildman–Crippen LogP) is 3.89. The molecule has 80 valence electrons. The Labute approximate surface area is 127 Å². The number of carbonyl (C=O) groups is 1. The predicted molar refractivity (Wildman–Crippen MR) is 80.5 cm³/mol. The summed E-state index contributed by atoms with van der Waals surface area (Å²) < 4.78 is 19.9. The molecule has 1 rings (SSSR count). The van der Waals surface area contributed by atoms with Crippen LogP contribution in [0.3, 0.4) is 0 Å². The molecule has 6 heteroatoms. The van der Waals surface area contributed by atoms with E-state index in [1.54, 1.807) is 0 Å². The van der Waals surface area contributed by atoms with Gasteiger partial charge in [-0.15, -0.1) is 0 Å². The third-order valence-electron chi connectivity index (χ3n) is 1.38. The third-order valence-corrected chi connectivity index (χ3v) is 3.60. The number of esters is 1. The van der Waals surface area contributed by atoms with Gasteiger partial charge in [-0.2, -0.15) is 4.39 Å². The summed E-state index contributed by atoms with van der Waals surface area (Å²) in [5.74, 6) is -1.77. The number of benzene rings is 1. The third kappa shape index (κ3) is 3.80. The van der Waals surface area contributed by atoms with Crippen molar-refractivity contribution in [3.05, 3.63) is 35.2 Å². The van der Waals surface area contributed by atoms with Gasteiger partial charge in [0.2, 0.25) is 5.83 Å². The Hall–Kier alpha value is 0.550. The Morgan fingerprint density at radius 3 is 2.13 bits per heavy atom. The Kier molecular flexibility index (Phi) is 5.22. The van der Waals surface area contributed by atoms with Crippen LogP contribution in [0.2, 0.25) is 0 Å². The van der Waals surface area contributed by atoms with Crippen molar-refractivity contribution < 1.29 is 13.9 Å². The van der Waals surface area contributed by atoms with Crippen LogP contribution in [0.25, 0.3) is 0 Å². The van der Waals surface area contributed by atoms with Crippen molar-refractivity contribution in [3.8, 4) is 5.75 Å². The van der Waals surface area contributed by atoms with E-state index in [0.717, 1.165) is 10.7 Å². The van der Waals surface area contributed by atoms with Crippen molar-refractivity contribution >= 4 is 73.7 Å². The van der Waals surface area contributed by atoms with Crippen molar-refractivity contribution in [3.63, 3.8) is 0 Å². The average molecular weight is 544 g/mol. The fourth-order valence-electron chi connectivity index (χ4n) is 0.775. The fraction of sp³-hybridized carbons (Fsp3) is 0. The summed E-state index contributed by atoms with van der Waals surface area (Å²) in [6.45, 7) is 2.88. The van der Waals surface area contributed by atoms with E-state index < -0.39 is 11.8 Å². The zero-order valence-corrected chi connectivity index (χ0v) is 13.7. The average Bonchev–Trinajstić information content (AvgIpc) is 2.10. The topological polar surface area (TPSA) is 26.3 Å². The maximum Gasteiger partial charge on any atom is 0.372 e. The van der Waals surface area contributed by atoms with Gasteiger partial charge in [0, 0.05) is 3.57 Å². The van der Waals surface area contributed by atoms with Gasteiger partial charge in [0.05, 0.1) is 7.14 Å². The second-order valence-corrected chi connectivity index (χ2v) is 6.06. The number of carbonyl (C=O) groups excluding carboxylic acids is 1. The van der Waals surface area contributed by atoms with Crippen LogP contribution in [-0.4, -0.2) is 5.97 Å². The Morgan fingerprint density at radius 1 is 1.27 bits per heavy atom. The minimum absolute atomic E-state index is 0.375. The number of hydrogen-bond acceptors (Lipinski definition) is 2. The molecule has 1 aromatic rings. The smallest absolute Gasteiger partial charge is 0.372 e. The number of hydrogen-bond donors (Lipinski definition) is 0. The molecule has 0 amide bonds. The van der Waals surface area contributed by atoms with E-state index in [1.165, 1.54) is 0 Å². The van der Waals surface area contributed by atoms with Gasteiger partial charge in [-0.3, -0.25) is 0 Å². The molecule has 15 heavy (non-hydrogen) atoms.